The first-order valence-corrected chi connectivity index (χ1v) is 11.1. The molecule has 0 aliphatic rings. The Morgan fingerprint density at radius 1 is 1.13 bits per heavy atom. The zero-order valence-corrected chi connectivity index (χ0v) is 19.0. The van der Waals surface area contributed by atoms with Crippen molar-refractivity contribution in [3.63, 3.8) is 0 Å². The highest BCUT2D eigenvalue weighted by Gasteiger charge is 2.19. The fourth-order valence-electron chi connectivity index (χ4n) is 3.74. The Labute approximate surface area is 185 Å². The lowest BCUT2D eigenvalue weighted by molar-refractivity contribution is -0.130. The third-order valence-electron chi connectivity index (χ3n) is 5.66. The maximum atomic E-state index is 12.6. The SMILES string of the molecule is CC[C@H](CCC(=O)N(C)CCC(C)C)n1c(N)nc2ccc(Oc3ccccc3)cc21. The average molecular weight is 423 g/mol. The summed E-state index contributed by atoms with van der Waals surface area (Å²) >= 11 is 0. The maximum Gasteiger partial charge on any atom is 0.222 e. The van der Waals surface area contributed by atoms with E-state index in [0.717, 1.165) is 48.3 Å². The lowest BCUT2D eigenvalue weighted by atomic mass is 10.1. The topological polar surface area (TPSA) is 73.4 Å². The number of para-hydroxylation sites is 1. The van der Waals surface area contributed by atoms with Gasteiger partial charge in [0, 0.05) is 32.1 Å². The second-order valence-corrected chi connectivity index (χ2v) is 8.50. The molecule has 31 heavy (non-hydrogen) atoms. The molecule has 0 saturated heterocycles. The summed E-state index contributed by atoms with van der Waals surface area (Å²) in [4.78, 5) is 19.0. The van der Waals surface area contributed by atoms with Gasteiger partial charge in [0.15, 0.2) is 0 Å². The van der Waals surface area contributed by atoms with E-state index in [0.29, 0.717) is 18.3 Å². The van der Waals surface area contributed by atoms with Gasteiger partial charge in [-0.25, -0.2) is 4.98 Å². The maximum absolute atomic E-state index is 12.6. The van der Waals surface area contributed by atoms with Gasteiger partial charge in [0.2, 0.25) is 11.9 Å². The van der Waals surface area contributed by atoms with E-state index in [9.17, 15) is 4.79 Å². The minimum Gasteiger partial charge on any atom is -0.457 e. The molecule has 1 aromatic heterocycles. The van der Waals surface area contributed by atoms with Gasteiger partial charge < -0.3 is 19.9 Å². The number of aromatic nitrogens is 2. The number of amides is 1. The fraction of sp³-hybridized carbons (Fsp3) is 0.440. The van der Waals surface area contributed by atoms with Gasteiger partial charge in [0.05, 0.1) is 11.0 Å². The van der Waals surface area contributed by atoms with E-state index in [2.05, 4.69) is 30.3 Å². The number of nitrogens with zero attached hydrogens (tertiary/aromatic N) is 3. The van der Waals surface area contributed by atoms with Crippen LogP contribution in [0.3, 0.4) is 0 Å². The Kier molecular flexibility index (Phi) is 7.55. The lowest BCUT2D eigenvalue weighted by Crippen LogP contribution is -2.29. The second-order valence-electron chi connectivity index (χ2n) is 8.50. The molecule has 6 nitrogen and oxygen atoms in total. The number of carbonyl (C=O) groups excluding carboxylic acids is 1. The summed E-state index contributed by atoms with van der Waals surface area (Å²) in [6.07, 6.45) is 3.10. The minimum absolute atomic E-state index is 0.0967. The van der Waals surface area contributed by atoms with Gasteiger partial charge in [-0.2, -0.15) is 0 Å². The molecule has 3 aromatic rings. The molecular weight excluding hydrogens is 388 g/mol. The number of imidazole rings is 1. The number of fused-ring (bicyclic) bond motifs is 1. The molecule has 0 aliphatic heterocycles. The molecule has 0 fully saturated rings. The van der Waals surface area contributed by atoms with Crippen LogP contribution in [0.15, 0.2) is 48.5 Å². The van der Waals surface area contributed by atoms with Gasteiger partial charge in [0.1, 0.15) is 11.5 Å². The van der Waals surface area contributed by atoms with E-state index >= 15 is 0 Å². The van der Waals surface area contributed by atoms with Crippen LogP contribution in [0.1, 0.15) is 52.5 Å². The van der Waals surface area contributed by atoms with Gasteiger partial charge in [-0.1, -0.05) is 39.0 Å². The van der Waals surface area contributed by atoms with Gasteiger partial charge in [-0.3, -0.25) is 4.79 Å². The van der Waals surface area contributed by atoms with Gasteiger partial charge in [-0.15, -0.1) is 0 Å². The zero-order valence-electron chi connectivity index (χ0n) is 19.0. The standard InChI is InChI=1S/C25H34N4O2/c1-5-19(11-14-24(30)28(4)16-15-18(2)3)29-23-17-21(12-13-22(23)27-25(29)26)31-20-9-7-6-8-10-20/h6-10,12-13,17-19H,5,11,14-16H2,1-4H3,(H2,26,27)/t19-/m1/s1. The third kappa shape index (κ3) is 5.78. The largest absolute Gasteiger partial charge is 0.457 e. The second kappa shape index (κ2) is 10.3. The number of rotatable bonds is 10. The molecule has 0 saturated carbocycles. The number of anilines is 1. The number of carbonyl (C=O) groups is 1. The average Bonchev–Trinajstić information content (AvgIpc) is 3.08. The van der Waals surface area contributed by atoms with E-state index < -0.39 is 0 Å². The Hall–Kier alpha value is -3.02. The van der Waals surface area contributed by atoms with Gasteiger partial charge >= 0.3 is 0 Å². The summed E-state index contributed by atoms with van der Waals surface area (Å²) < 4.78 is 8.05. The van der Waals surface area contributed by atoms with E-state index in [-0.39, 0.29) is 11.9 Å². The fourth-order valence-corrected chi connectivity index (χ4v) is 3.74. The van der Waals surface area contributed by atoms with Crippen LogP contribution in [0.4, 0.5) is 5.95 Å². The van der Waals surface area contributed by atoms with Crippen molar-refractivity contribution in [1.29, 1.82) is 0 Å². The Bertz CT molecular complexity index is 997. The third-order valence-corrected chi connectivity index (χ3v) is 5.66. The molecule has 2 N–H and O–H groups in total. The summed E-state index contributed by atoms with van der Waals surface area (Å²) in [6.45, 7) is 7.26. The van der Waals surface area contributed by atoms with Gasteiger partial charge in [0.25, 0.3) is 0 Å². The van der Waals surface area contributed by atoms with Crippen molar-refractivity contribution < 1.29 is 9.53 Å². The molecule has 0 radical (unpaired) electrons. The molecule has 0 unspecified atom stereocenters. The number of hydrogen-bond donors (Lipinski definition) is 1. The molecule has 2 aromatic carbocycles. The molecule has 0 bridgehead atoms. The number of ether oxygens (including phenoxy) is 1. The first-order valence-electron chi connectivity index (χ1n) is 11.1. The molecule has 0 aliphatic carbocycles. The number of nitrogens with two attached hydrogens (primary N) is 1. The number of hydrogen-bond acceptors (Lipinski definition) is 4. The predicted octanol–water partition coefficient (Wildman–Crippen LogP) is 5.65. The van der Waals surface area contributed by atoms with Crippen LogP contribution in [0.2, 0.25) is 0 Å². The van der Waals surface area contributed by atoms with Crippen LogP contribution in [0.5, 0.6) is 11.5 Å². The van der Waals surface area contributed by atoms with E-state index in [4.69, 9.17) is 10.5 Å². The van der Waals surface area contributed by atoms with Crippen LogP contribution >= 0.6 is 0 Å². The summed E-state index contributed by atoms with van der Waals surface area (Å²) in [5.41, 5.74) is 8.05. The molecule has 1 amide bonds. The Morgan fingerprint density at radius 2 is 1.87 bits per heavy atom. The van der Waals surface area contributed by atoms with Crippen molar-refractivity contribution in [2.24, 2.45) is 5.92 Å². The highest BCUT2D eigenvalue weighted by Crippen LogP contribution is 2.31. The summed E-state index contributed by atoms with van der Waals surface area (Å²) in [7, 11) is 1.89. The van der Waals surface area contributed by atoms with Crippen LogP contribution in [0, 0.1) is 5.92 Å². The number of nitrogen functional groups attached to an aromatic ring is 1. The first-order chi connectivity index (χ1) is 14.9. The first kappa shape index (κ1) is 22.7. The van der Waals surface area contributed by atoms with Crippen molar-refractivity contribution in [1.82, 2.24) is 14.5 Å². The van der Waals surface area contributed by atoms with E-state index in [1.807, 2.05) is 60.5 Å². The molecule has 0 spiro atoms. The van der Waals surface area contributed by atoms with Crippen LogP contribution in [-0.4, -0.2) is 34.0 Å². The van der Waals surface area contributed by atoms with Crippen LogP contribution in [0.25, 0.3) is 11.0 Å². The Morgan fingerprint density at radius 3 is 2.55 bits per heavy atom. The van der Waals surface area contributed by atoms with Gasteiger partial charge in [-0.05, 0) is 49.4 Å². The number of benzene rings is 2. The van der Waals surface area contributed by atoms with E-state index in [1.54, 1.807) is 0 Å². The van der Waals surface area contributed by atoms with Crippen molar-refractivity contribution >= 4 is 22.9 Å². The predicted molar refractivity (Wildman–Crippen MR) is 126 cm³/mol. The van der Waals surface area contributed by atoms with Crippen molar-refractivity contribution in [3.05, 3.63) is 48.5 Å². The molecular formula is C25H34N4O2. The lowest BCUT2D eigenvalue weighted by Gasteiger charge is -2.22. The van der Waals surface area contributed by atoms with Crippen LogP contribution < -0.4 is 10.5 Å². The highest BCUT2D eigenvalue weighted by atomic mass is 16.5. The summed E-state index contributed by atoms with van der Waals surface area (Å²) in [6, 6.07) is 15.6. The highest BCUT2D eigenvalue weighted by molar-refractivity contribution is 5.80. The van der Waals surface area contributed by atoms with Crippen molar-refractivity contribution in [2.45, 2.75) is 52.5 Å². The zero-order chi connectivity index (χ0) is 22.4. The molecule has 1 atom stereocenters. The molecule has 6 heteroatoms. The minimum atomic E-state index is 0.0967. The molecule has 166 valence electrons. The van der Waals surface area contributed by atoms with Crippen molar-refractivity contribution in [2.75, 3.05) is 19.3 Å². The van der Waals surface area contributed by atoms with E-state index in [1.165, 1.54) is 0 Å². The quantitative estimate of drug-likeness (QED) is 0.458. The van der Waals surface area contributed by atoms with Crippen LogP contribution in [-0.2, 0) is 4.79 Å². The summed E-state index contributed by atoms with van der Waals surface area (Å²) in [5.74, 6) is 2.75. The smallest absolute Gasteiger partial charge is 0.222 e. The monoisotopic (exact) mass is 422 g/mol. The van der Waals surface area contributed by atoms with Crippen molar-refractivity contribution in [3.8, 4) is 11.5 Å². The summed E-state index contributed by atoms with van der Waals surface area (Å²) in [5, 5.41) is 0. The Balaban J connectivity index is 1.76. The molecule has 1 heterocycles. The normalized spacial score (nSPS) is 12.3. The molecule has 3 rings (SSSR count).